The molecule has 0 unspecified atom stereocenters. The van der Waals surface area contributed by atoms with Crippen molar-refractivity contribution < 1.29 is 17.9 Å². The first-order chi connectivity index (χ1) is 15.5. The molecule has 0 spiro atoms. The van der Waals surface area contributed by atoms with E-state index >= 15 is 0 Å². The van der Waals surface area contributed by atoms with Gasteiger partial charge in [-0.1, -0.05) is 18.2 Å². The van der Waals surface area contributed by atoms with E-state index in [-0.39, 0.29) is 16.6 Å². The second kappa shape index (κ2) is 10.2. The van der Waals surface area contributed by atoms with Gasteiger partial charge in [0.05, 0.1) is 12.4 Å². The lowest BCUT2D eigenvalue weighted by molar-refractivity contribution is -0.113. The molecule has 1 amide bonds. The number of carbonyl (C=O) groups is 1. The molecule has 0 atom stereocenters. The molecule has 2 aromatic rings. The molecule has 1 fully saturated rings. The van der Waals surface area contributed by atoms with Crippen LogP contribution in [0.4, 0.5) is 5.69 Å². The van der Waals surface area contributed by atoms with Gasteiger partial charge in [0.25, 0.3) is 0 Å². The molecule has 0 bridgehead atoms. The summed E-state index contributed by atoms with van der Waals surface area (Å²) in [6.07, 6.45) is 6.00. The maximum absolute atomic E-state index is 13.1. The van der Waals surface area contributed by atoms with Crippen molar-refractivity contribution >= 4 is 33.4 Å². The highest BCUT2D eigenvalue weighted by molar-refractivity contribution is 7.99. The average molecular weight is 480 g/mol. The number of carbonyl (C=O) groups excluding carboxylic acids is 1. The number of aryl methyl sites for hydroxylation is 1. The molecule has 1 N–H and O–H groups in total. The number of nitrogens with zero attached hydrogens (tertiary/aromatic N) is 4. The topological polar surface area (TPSA) is 106 Å². The zero-order valence-electron chi connectivity index (χ0n) is 18.2. The highest BCUT2D eigenvalue weighted by atomic mass is 32.2. The van der Waals surface area contributed by atoms with E-state index in [0.29, 0.717) is 31.1 Å². The Hall–Kier alpha value is -2.11. The zero-order valence-corrected chi connectivity index (χ0v) is 19.9. The van der Waals surface area contributed by atoms with E-state index < -0.39 is 10.0 Å². The molecule has 1 aromatic heterocycles. The number of anilines is 1. The van der Waals surface area contributed by atoms with Crippen LogP contribution in [0.2, 0.25) is 0 Å². The smallest absolute Gasteiger partial charge is 0.246 e. The number of hydrogen-bond donors (Lipinski definition) is 1. The van der Waals surface area contributed by atoms with Gasteiger partial charge in [-0.25, -0.2) is 8.42 Å². The van der Waals surface area contributed by atoms with Gasteiger partial charge in [-0.2, -0.15) is 4.31 Å². The second-order valence-corrected chi connectivity index (χ2v) is 10.8. The first-order valence-electron chi connectivity index (χ1n) is 11.1. The summed E-state index contributed by atoms with van der Waals surface area (Å²) in [6.45, 7) is 4.05. The summed E-state index contributed by atoms with van der Waals surface area (Å²) >= 11 is 1.35. The Morgan fingerprint density at radius 1 is 1.12 bits per heavy atom. The van der Waals surface area contributed by atoms with Gasteiger partial charge in [-0.05, 0) is 50.8 Å². The number of aromatic nitrogens is 3. The van der Waals surface area contributed by atoms with Crippen molar-refractivity contribution in [3.8, 4) is 5.75 Å². The van der Waals surface area contributed by atoms with Crippen molar-refractivity contribution in [1.29, 1.82) is 0 Å². The number of hydrogen-bond acceptors (Lipinski definition) is 7. The molecule has 0 radical (unpaired) electrons. The third kappa shape index (κ3) is 5.10. The zero-order chi connectivity index (χ0) is 22.6. The maximum Gasteiger partial charge on any atom is 0.246 e. The van der Waals surface area contributed by atoms with Crippen LogP contribution in [-0.2, 0) is 27.8 Å². The molecule has 1 aromatic carbocycles. The lowest BCUT2D eigenvalue weighted by atomic mass is 10.2. The third-order valence-electron chi connectivity index (χ3n) is 5.62. The summed E-state index contributed by atoms with van der Waals surface area (Å²) < 4.78 is 35.4. The third-order valence-corrected chi connectivity index (χ3v) is 8.50. The van der Waals surface area contributed by atoms with Crippen LogP contribution in [0.1, 0.15) is 44.9 Å². The number of sulfonamides is 1. The number of benzene rings is 1. The van der Waals surface area contributed by atoms with E-state index in [1.807, 2.05) is 6.92 Å². The van der Waals surface area contributed by atoms with E-state index in [1.54, 1.807) is 12.1 Å². The van der Waals surface area contributed by atoms with Gasteiger partial charge in [-0.3, -0.25) is 4.79 Å². The van der Waals surface area contributed by atoms with Crippen LogP contribution in [0, 0.1) is 0 Å². The first kappa shape index (κ1) is 23.1. The van der Waals surface area contributed by atoms with E-state index in [4.69, 9.17) is 4.74 Å². The van der Waals surface area contributed by atoms with Gasteiger partial charge in [-0.15, -0.1) is 10.2 Å². The Kier molecular flexibility index (Phi) is 7.37. The SMILES string of the molecule is CCOc1ccc(NC(=O)CSc2nnc3n2CCCCC3)cc1S(=O)(=O)N1CCCC1. The lowest BCUT2D eigenvalue weighted by Gasteiger charge is -2.19. The van der Waals surface area contributed by atoms with Gasteiger partial charge >= 0.3 is 0 Å². The molecule has 2 aliphatic rings. The fourth-order valence-corrected chi connectivity index (χ4v) is 6.48. The molecular weight excluding hydrogens is 450 g/mol. The molecule has 1 saturated heterocycles. The second-order valence-electron chi connectivity index (χ2n) is 7.90. The van der Waals surface area contributed by atoms with Gasteiger partial charge in [0.2, 0.25) is 15.9 Å². The summed E-state index contributed by atoms with van der Waals surface area (Å²) in [5.74, 6) is 1.22. The van der Waals surface area contributed by atoms with E-state index in [2.05, 4.69) is 20.1 Å². The monoisotopic (exact) mass is 479 g/mol. The molecule has 2 aliphatic heterocycles. The van der Waals surface area contributed by atoms with E-state index in [0.717, 1.165) is 49.6 Å². The van der Waals surface area contributed by atoms with E-state index in [9.17, 15) is 13.2 Å². The Bertz CT molecular complexity index is 1060. The average Bonchev–Trinajstić information content (AvgIpc) is 3.39. The number of ether oxygens (including phenoxy) is 1. The highest BCUT2D eigenvalue weighted by Crippen LogP contribution is 2.32. The predicted octanol–water partition coefficient (Wildman–Crippen LogP) is 2.92. The molecule has 9 nitrogen and oxygen atoms in total. The molecule has 3 heterocycles. The minimum absolute atomic E-state index is 0.0921. The quantitative estimate of drug-likeness (QED) is 0.580. The minimum Gasteiger partial charge on any atom is -0.492 e. The van der Waals surface area contributed by atoms with Gasteiger partial charge in [0.15, 0.2) is 5.16 Å². The lowest BCUT2D eigenvalue weighted by Crippen LogP contribution is -2.28. The van der Waals surface area contributed by atoms with Crippen molar-refractivity contribution in [2.45, 2.75) is 62.0 Å². The standard InChI is InChI=1S/C21H29N5O4S2/c1-2-30-17-10-9-16(14-18(17)32(28,29)25-11-6-7-12-25)22-20(27)15-31-21-24-23-19-8-4-3-5-13-26(19)21/h9-10,14H,2-8,11-13,15H2,1H3,(H,22,27). The molecule has 32 heavy (non-hydrogen) atoms. The highest BCUT2D eigenvalue weighted by Gasteiger charge is 2.30. The maximum atomic E-state index is 13.1. The fourth-order valence-electron chi connectivity index (χ4n) is 4.02. The normalized spacial score (nSPS) is 17.0. The Morgan fingerprint density at radius 3 is 2.69 bits per heavy atom. The summed E-state index contributed by atoms with van der Waals surface area (Å²) in [5.41, 5.74) is 0.428. The number of nitrogens with one attached hydrogen (secondary N) is 1. The number of fused-ring (bicyclic) bond motifs is 1. The van der Waals surface area contributed by atoms with Crippen LogP contribution >= 0.6 is 11.8 Å². The van der Waals surface area contributed by atoms with Crippen molar-refractivity contribution in [2.24, 2.45) is 0 Å². The molecule has 174 valence electrons. The van der Waals surface area contributed by atoms with Gasteiger partial charge in [0.1, 0.15) is 16.5 Å². The number of thioether (sulfide) groups is 1. The first-order valence-corrected chi connectivity index (χ1v) is 13.5. The summed E-state index contributed by atoms with van der Waals surface area (Å²) in [4.78, 5) is 12.7. The molecule has 11 heteroatoms. The van der Waals surface area contributed by atoms with Crippen molar-refractivity contribution in [1.82, 2.24) is 19.1 Å². The largest absolute Gasteiger partial charge is 0.492 e. The van der Waals surface area contributed by atoms with E-state index in [1.165, 1.54) is 28.6 Å². The molecule has 0 aliphatic carbocycles. The van der Waals surface area contributed by atoms with Crippen LogP contribution < -0.4 is 10.1 Å². The summed E-state index contributed by atoms with van der Waals surface area (Å²) in [6, 6.07) is 4.76. The van der Waals surface area contributed by atoms with Crippen molar-refractivity contribution in [3.63, 3.8) is 0 Å². The van der Waals surface area contributed by atoms with Crippen molar-refractivity contribution in [2.75, 3.05) is 30.8 Å². The van der Waals surface area contributed by atoms with Crippen LogP contribution in [0.5, 0.6) is 5.75 Å². The number of amides is 1. The summed E-state index contributed by atoms with van der Waals surface area (Å²) in [7, 11) is -3.68. The van der Waals surface area contributed by atoms with Crippen LogP contribution in [0.25, 0.3) is 0 Å². The van der Waals surface area contributed by atoms with Gasteiger partial charge < -0.3 is 14.6 Å². The van der Waals surface area contributed by atoms with Crippen LogP contribution in [0.15, 0.2) is 28.3 Å². The summed E-state index contributed by atoms with van der Waals surface area (Å²) in [5, 5.41) is 12.1. The minimum atomic E-state index is -3.68. The molecule has 0 saturated carbocycles. The molecule has 4 rings (SSSR count). The predicted molar refractivity (Wildman–Crippen MR) is 123 cm³/mol. The fraction of sp³-hybridized carbons (Fsp3) is 0.571. The number of rotatable bonds is 8. The van der Waals surface area contributed by atoms with Gasteiger partial charge in [0, 0.05) is 31.7 Å². The Labute approximate surface area is 193 Å². The van der Waals surface area contributed by atoms with Crippen LogP contribution in [-0.4, -0.2) is 58.8 Å². The van der Waals surface area contributed by atoms with Crippen LogP contribution in [0.3, 0.4) is 0 Å². The molecular formula is C21H29N5O4S2. The van der Waals surface area contributed by atoms with Crippen molar-refractivity contribution in [3.05, 3.63) is 24.0 Å². The Balaban J connectivity index is 1.46. The Morgan fingerprint density at radius 2 is 1.91 bits per heavy atom.